The van der Waals surface area contributed by atoms with Crippen LogP contribution in [0, 0.1) is 5.92 Å². The van der Waals surface area contributed by atoms with Crippen molar-refractivity contribution < 1.29 is 33.0 Å². The molecule has 0 spiro atoms. The Bertz CT molecular complexity index is 1270. The second-order valence-electron chi connectivity index (χ2n) is 11.0. The van der Waals surface area contributed by atoms with Crippen LogP contribution in [-0.2, 0) is 18.8 Å². The third kappa shape index (κ3) is 4.94. The third-order valence-corrected chi connectivity index (χ3v) is 12.7. The van der Waals surface area contributed by atoms with E-state index in [4.69, 9.17) is 18.6 Å². The number of fused-ring (bicyclic) bond motifs is 2. The number of rotatable bonds is 8. The van der Waals surface area contributed by atoms with Crippen molar-refractivity contribution >= 4 is 30.9 Å². The zero-order valence-electron chi connectivity index (χ0n) is 22.7. The van der Waals surface area contributed by atoms with Gasteiger partial charge in [0.05, 0.1) is 19.1 Å². The maximum Gasteiger partial charge on any atom is 0.343 e. The second kappa shape index (κ2) is 10.9. The lowest BCUT2D eigenvalue weighted by molar-refractivity contribution is -0.143. The van der Waals surface area contributed by atoms with Crippen LogP contribution in [0.15, 0.2) is 78.9 Å². The van der Waals surface area contributed by atoms with Crippen molar-refractivity contribution in [3.05, 3.63) is 78.9 Å². The van der Waals surface area contributed by atoms with Gasteiger partial charge in [0.2, 0.25) is 5.75 Å². The molecule has 1 aliphatic heterocycles. The minimum Gasteiger partial charge on any atom is -0.482 e. The fourth-order valence-electron chi connectivity index (χ4n) is 5.77. The average Bonchev–Trinajstić information content (AvgIpc) is 3.29. The molecule has 0 amide bonds. The summed E-state index contributed by atoms with van der Waals surface area (Å²) >= 11 is 0. The molecule has 1 fully saturated rings. The fraction of sp³-hybridized carbons (Fsp3) is 0.355. The van der Waals surface area contributed by atoms with Gasteiger partial charge in [0, 0.05) is 6.42 Å². The van der Waals surface area contributed by atoms with E-state index >= 15 is 0 Å². The highest BCUT2D eigenvalue weighted by Gasteiger charge is 2.57. The summed E-state index contributed by atoms with van der Waals surface area (Å²) in [5.41, 5.74) is 0. The molecule has 0 aromatic heterocycles. The van der Waals surface area contributed by atoms with Crippen molar-refractivity contribution in [1.29, 1.82) is 0 Å². The number of benzene rings is 3. The first-order chi connectivity index (χ1) is 18.8. The topological polar surface area (TPSA) is 80.3 Å². The van der Waals surface area contributed by atoms with E-state index in [0.29, 0.717) is 23.7 Å². The molecule has 204 valence electrons. The van der Waals surface area contributed by atoms with E-state index < -0.39 is 38.5 Å². The van der Waals surface area contributed by atoms with Crippen molar-refractivity contribution in [3.63, 3.8) is 0 Å². The molecule has 39 heavy (non-hydrogen) atoms. The predicted octanol–water partition coefficient (Wildman–Crippen LogP) is 3.91. The van der Waals surface area contributed by atoms with Crippen molar-refractivity contribution in [3.8, 4) is 17.2 Å². The van der Waals surface area contributed by atoms with E-state index in [1.807, 2.05) is 36.4 Å². The summed E-state index contributed by atoms with van der Waals surface area (Å²) in [6.45, 7) is 6.39. The highest BCUT2D eigenvalue weighted by molar-refractivity contribution is 6.99. The van der Waals surface area contributed by atoms with E-state index in [1.165, 1.54) is 7.11 Å². The molecule has 3 aromatic carbocycles. The van der Waals surface area contributed by atoms with Gasteiger partial charge in [-0.05, 0) is 27.5 Å². The summed E-state index contributed by atoms with van der Waals surface area (Å²) in [5.74, 6) is 0.248. The highest BCUT2D eigenvalue weighted by atomic mass is 28.4. The number of methoxy groups -OCH3 is 1. The number of para-hydroxylation sites is 1. The van der Waals surface area contributed by atoms with Crippen LogP contribution in [0.5, 0.6) is 17.2 Å². The number of ether oxygens (including phenoxy) is 4. The number of hydrogen-bond donors (Lipinski definition) is 0. The normalized spacial score (nSPS) is 22.1. The van der Waals surface area contributed by atoms with Crippen LogP contribution in [0.1, 0.15) is 27.2 Å². The molecule has 5 rings (SSSR count). The minimum absolute atomic E-state index is 0.240. The number of aldehydes is 1. The molecule has 8 heteroatoms. The highest BCUT2D eigenvalue weighted by Crippen LogP contribution is 2.48. The number of carbonyl (C=O) groups excluding carboxylic acids is 2. The van der Waals surface area contributed by atoms with Gasteiger partial charge in [-0.3, -0.25) is 0 Å². The summed E-state index contributed by atoms with van der Waals surface area (Å²) in [6, 6.07) is 26.0. The number of hydrogen-bond acceptors (Lipinski definition) is 7. The first-order valence-electron chi connectivity index (χ1n) is 13.2. The quantitative estimate of drug-likeness (QED) is 0.241. The molecule has 3 aromatic rings. The lowest BCUT2D eigenvalue weighted by Gasteiger charge is -2.45. The Kier molecular flexibility index (Phi) is 7.51. The Morgan fingerprint density at radius 3 is 2.15 bits per heavy atom. The van der Waals surface area contributed by atoms with Crippen LogP contribution in [0.2, 0.25) is 5.04 Å². The Morgan fingerprint density at radius 1 is 0.949 bits per heavy atom. The maximum absolute atomic E-state index is 12.6. The Morgan fingerprint density at radius 2 is 1.59 bits per heavy atom. The van der Waals surface area contributed by atoms with Crippen molar-refractivity contribution in [2.45, 2.75) is 50.5 Å². The van der Waals surface area contributed by atoms with Gasteiger partial charge in [-0.25, -0.2) is 4.79 Å². The zero-order valence-corrected chi connectivity index (χ0v) is 23.7. The van der Waals surface area contributed by atoms with Gasteiger partial charge >= 0.3 is 5.97 Å². The first kappa shape index (κ1) is 27.0. The van der Waals surface area contributed by atoms with Crippen LogP contribution < -0.4 is 24.6 Å². The van der Waals surface area contributed by atoms with Gasteiger partial charge in [-0.15, -0.1) is 0 Å². The monoisotopic (exact) mass is 546 g/mol. The zero-order chi connectivity index (χ0) is 27.6. The van der Waals surface area contributed by atoms with Crippen LogP contribution >= 0.6 is 0 Å². The van der Waals surface area contributed by atoms with Gasteiger partial charge in [-0.1, -0.05) is 87.5 Å². The summed E-state index contributed by atoms with van der Waals surface area (Å²) in [4.78, 5) is 24.2. The predicted molar refractivity (Wildman–Crippen MR) is 149 cm³/mol. The largest absolute Gasteiger partial charge is 0.482 e. The molecule has 0 unspecified atom stereocenters. The summed E-state index contributed by atoms with van der Waals surface area (Å²) in [5, 5.41) is 2.05. The Balaban J connectivity index is 1.50. The molecule has 7 nitrogen and oxygen atoms in total. The van der Waals surface area contributed by atoms with Crippen LogP contribution in [-0.4, -0.2) is 52.6 Å². The van der Waals surface area contributed by atoms with Crippen molar-refractivity contribution in [2.24, 2.45) is 5.92 Å². The Labute approximate surface area is 230 Å². The second-order valence-corrected chi connectivity index (χ2v) is 15.2. The summed E-state index contributed by atoms with van der Waals surface area (Å²) in [6.07, 6.45) is 0.0769. The molecule has 4 atom stereocenters. The van der Waals surface area contributed by atoms with Gasteiger partial charge in [0.1, 0.15) is 18.5 Å². The third-order valence-electron chi connectivity index (χ3n) is 7.59. The van der Waals surface area contributed by atoms with E-state index in [1.54, 1.807) is 18.2 Å². The Hall–Kier alpha value is -3.62. The molecule has 2 aliphatic rings. The lowest BCUT2D eigenvalue weighted by Crippen LogP contribution is -2.68. The van der Waals surface area contributed by atoms with E-state index in [0.717, 1.165) is 16.7 Å². The van der Waals surface area contributed by atoms with Crippen molar-refractivity contribution in [2.75, 3.05) is 13.7 Å². The lowest BCUT2D eigenvalue weighted by atomic mass is 10.1. The molecule has 0 N–H and O–H groups in total. The van der Waals surface area contributed by atoms with Crippen LogP contribution in [0.4, 0.5) is 0 Å². The van der Waals surface area contributed by atoms with Gasteiger partial charge in [-0.2, -0.15) is 0 Å². The summed E-state index contributed by atoms with van der Waals surface area (Å²) in [7, 11) is -1.60. The van der Waals surface area contributed by atoms with Gasteiger partial charge < -0.3 is 28.2 Å². The SMILES string of the molecule is COC(=O)COc1cccc2c1O[C@H]1C[C@@H](O[Si](c3ccccc3)(c3ccccc3)C(C)(C)C)[C@H](C=O)[C@H]1O2. The standard InChI is InChI=1S/C31H34O7Si/c1-31(2,3)39(21-12-7-5-8-13-21,22-14-9-6-10-15-22)38-26-18-27-29(23(26)19-32)36-25-17-11-16-24(30(25)37-27)35-20-28(33)34-4/h5-17,19,23,26-27,29H,18,20H2,1-4H3/t23-,26+,27-,29+/m0/s1. The first-order valence-corrected chi connectivity index (χ1v) is 15.1. The molecule has 0 bridgehead atoms. The van der Waals surface area contributed by atoms with Crippen LogP contribution in [0.3, 0.4) is 0 Å². The molecular weight excluding hydrogens is 512 g/mol. The number of carbonyl (C=O) groups is 2. The molecule has 1 heterocycles. The average molecular weight is 547 g/mol. The van der Waals surface area contributed by atoms with E-state index in [9.17, 15) is 9.59 Å². The van der Waals surface area contributed by atoms with Crippen LogP contribution in [0.25, 0.3) is 0 Å². The molecular formula is C31H34O7Si. The number of esters is 1. The molecule has 0 radical (unpaired) electrons. The van der Waals surface area contributed by atoms with Gasteiger partial charge in [0.25, 0.3) is 8.32 Å². The fourth-order valence-corrected chi connectivity index (χ4v) is 10.5. The van der Waals surface area contributed by atoms with Crippen molar-refractivity contribution in [1.82, 2.24) is 0 Å². The van der Waals surface area contributed by atoms with E-state index in [2.05, 4.69) is 49.8 Å². The molecule has 0 saturated heterocycles. The maximum atomic E-state index is 12.6. The smallest absolute Gasteiger partial charge is 0.343 e. The molecule has 1 aliphatic carbocycles. The van der Waals surface area contributed by atoms with E-state index in [-0.39, 0.29) is 11.6 Å². The molecule has 1 saturated carbocycles. The van der Waals surface area contributed by atoms with Gasteiger partial charge in [0.15, 0.2) is 18.1 Å². The minimum atomic E-state index is -2.90. The summed E-state index contributed by atoms with van der Waals surface area (Å²) < 4.78 is 30.4.